The molecular formula is C27H23ClN2O4. The van der Waals surface area contributed by atoms with Crippen LogP contribution in [0.4, 0.5) is 11.4 Å². The van der Waals surface area contributed by atoms with Gasteiger partial charge in [-0.1, -0.05) is 48.4 Å². The summed E-state index contributed by atoms with van der Waals surface area (Å²) in [5.41, 5.74) is 4.32. The molecule has 1 aliphatic rings. The molecule has 3 aromatic carbocycles. The number of carbonyl (C=O) groups excluding carboxylic acids is 3. The van der Waals surface area contributed by atoms with Gasteiger partial charge in [0.15, 0.2) is 0 Å². The number of halogens is 1. The van der Waals surface area contributed by atoms with Gasteiger partial charge in [0.05, 0.1) is 11.3 Å². The van der Waals surface area contributed by atoms with Crippen molar-refractivity contribution < 1.29 is 19.1 Å². The lowest BCUT2D eigenvalue weighted by Crippen LogP contribution is -2.32. The highest BCUT2D eigenvalue weighted by atomic mass is 35.5. The van der Waals surface area contributed by atoms with E-state index in [0.717, 1.165) is 28.0 Å². The summed E-state index contributed by atoms with van der Waals surface area (Å²) in [6.45, 7) is 5.87. The second kappa shape index (κ2) is 9.53. The Hall–Kier alpha value is -3.90. The molecule has 4 rings (SSSR count). The lowest BCUT2D eigenvalue weighted by molar-refractivity contribution is -0.120. The number of rotatable bonds is 6. The van der Waals surface area contributed by atoms with Crippen molar-refractivity contribution in [3.8, 4) is 5.75 Å². The predicted octanol–water partition coefficient (Wildman–Crippen LogP) is 5.52. The van der Waals surface area contributed by atoms with Gasteiger partial charge in [-0.15, -0.1) is 0 Å². The highest BCUT2D eigenvalue weighted by molar-refractivity contribution is 6.53. The molecule has 0 atom stereocenters. The molecule has 172 valence electrons. The number of nitrogens with one attached hydrogen (secondary N) is 1. The summed E-state index contributed by atoms with van der Waals surface area (Å²) in [5.74, 6) is -1.13. The van der Waals surface area contributed by atoms with Crippen LogP contribution in [-0.2, 0) is 16.0 Å². The smallest absolute Gasteiger partial charge is 0.343 e. The number of imide groups is 1. The second-order valence-corrected chi connectivity index (χ2v) is 8.39. The summed E-state index contributed by atoms with van der Waals surface area (Å²) in [7, 11) is 0. The van der Waals surface area contributed by atoms with Gasteiger partial charge in [-0.3, -0.25) is 9.59 Å². The summed E-state index contributed by atoms with van der Waals surface area (Å²) in [5, 5.41) is 2.72. The number of aryl methyl sites for hydroxylation is 3. The quantitative estimate of drug-likeness (QED) is 0.289. The summed E-state index contributed by atoms with van der Waals surface area (Å²) < 4.78 is 5.49. The highest BCUT2D eigenvalue weighted by Gasteiger charge is 2.38. The van der Waals surface area contributed by atoms with Gasteiger partial charge in [-0.25, -0.2) is 9.69 Å². The largest absolute Gasteiger partial charge is 0.423 e. The maximum absolute atomic E-state index is 12.9. The number of anilines is 2. The van der Waals surface area contributed by atoms with Crippen molar-refractivity contribution in [2.45, 2.75) is 27.2 Å². The molecule has 0 aliphatic carbocycles. The highest BCUT2D eigenvalue weighted by Crippen LogP contribution is 2.30. The van der Waals surface area contributed by atoms with E-state index in [4.69, 9.17) is 16.3 Å². The van der Waals surface area contributed by atoms with E-state index < -0.39 is 17.8 Å². The molecule has 1 aliphatic heterocycles. The van der Waals surface area contributed by atoms with Crippen LogP contribution in [0.2, 0.25) is 0 Å². The van der Waals surface area contributed by atoms with Crippen LogP contribution in [0.15, 0.2) is 77.5 Å². The molecule has 0 fully saturated rings. The van der Waals surface area contributed by atoms with E-state index in [9.17, 15) is 14.4 Å². The zero-order valence-electron chi connectivity index (χ0n) is 19.0. The summed E-state index contributed by atoms with van der Waals surface area (Å²) in [6.07, 6.45) is 0.849. The minimum absolute atomic E-state index is 0.0168. The van der Waals surface area contributed by atoms with Crippen LogP contribution < -0.4 is 15.0 Å². The topological polar surface area (TPSA) is 75.7 Å². The zero-order chi connectivity index (χ0) is 24.4. The molecule has 0 saturated heterocycles. The normalized spacial score (nSPS) is 13.5. The van der Waals surface area contributed by atoms with Crippen molar-refractivity contribution in [2.75, 3.05) is 10.2 Å². The Bertz CT molecular complexity index is 1310. The first-order chi connectivity index (χ1) is 16.3. The van der Waals surface area contributed by atoms with Gasteiger partial charge in [0.1, 0.15) is 16.5 Å². The molecular weight excluding hydrogens is 452 g/mol. The third-order valence-corrected chi connectivity index (χ3v) is 5.90. The maximum Gasteiger partial charge on any atom is 0.343 e. The lowest BCUT2D eigenvalue weighted by Gasteiger charge is -2.15. The van der Waals surface area contributed by atoms with Crippen LogP contribution in [0.25, 0.3) is 0 Å². The van der Waals surface area contributed by atoms with E-state index >= 15 is 0 Å². The van der Waals surface area contributed by atoms with Crippen molar-refractivity contribution in [3.05, 3.63) is 99.7 Å². The van der Waals surface area contributed by atoms with Gasteiger partial charge in [0.25, 0.3) is 11.8 Å². The molecule has 2 amide bonds. The Balaban J connectivity index is 1.47. The molecule has 0 bridgehead atoms. The zero-order valence-corrected chi connectivity index (χ0v) is 19.8. The number of nitrogens with zero attached hydrogens (tertiary/aromatic N) is 1. The molecule has 1 N–H and O–H groups in total. The molecule has 1 heterocycles. The Morgan fingerprint density at radius 2 is 1.62 bits per heavy atom. The van der Waals surface area contributed by atoms with Gasteiger partial charge < -0.3 is 10.1 Å². The number of amides is 2. The minimum Gasteiger partial charge on any atom is -0.423 e. The van der Waals surface area contributed by atoms with Crippen molar-refractivity contribution in [1.29, 1.82) is 0 Å². The number of ether oxygens (including phenoxy) is 1. The Morgan fingerprint density at radius 1 is 0.941 bits per heavy atom. The minimum atomic E-state index is -0.591. The summed E-state index contributed by atoms with van der Waals surface area (Å²) in [4.78, 5) is 39.2. The van der Waals surface area contributed by atoms with Crippen molar-refractivity contribution >= 4 is 40.8 Å². The standard InChI is InChI=1S/C27H23ClN2O4/c1-4-18-6-12-21(13-7-18)30-25(31)23(28)24(26(30)32)29-20-10-8-19(9-11-20)27(33)34-22-14-5-16(2)15-17(22)3/h5-15,29H,4H2,1-3H3. The van der Waals surface area contributed by atoms with Crippen LogP contribution >= 0.6 is 11.6 Å². The van der Waals surface area contributed by atoms with Crippen LogP contribution in [0.3, 0.4) is 0 Å². The fourth-order valence-corrected chi connectivity index (χ4v) is 3.85. The average molecular weight is 475 g/mol. The van der Waals surface area contributed by atoms with E-state index in [1.165, 1.54) is 0 Å². The Labute approximate surface area is 202 Å². The van der Waals surface area contributed by atoms with E-state index in [0.29, 0.717) is 22.7 Å². The number of carbonyl (C=O) groups is 3. The predicted molar refractivity (Wildman–Crippen MR) is 132 cm³/mol. The third-order valence-electron chi connectivity index (χ3n) is 5.55. The van der Waals surface area contributed by atoms with Crippen molar-refractivity contribution in [3.63, 3.8) is 0 Å². The lowest BCUT2D eigenvalue weighted by atomic mass is 10.1. The van der Waals surface area contributed by atoms with E-state index in [1.807, 2.05) is 45.0 Å². The molecule has 0 spiro atoms. The average Bonchev–Trinajstić information content (AvgIpc) is 3.04. The molecule has 34 heavy (non-hydrogen) atoms. The third kappa shape index (κ3) is 4.58. The Morgan fingerprint density at radius 3 is 2.24 bits per heavy atom. The summed E-state index contributed by atoms with van der Waals surface area (Å²) >= 11 is 6.21. The van der Waals surface area contributed by atoms with Crippen molar-refractivity contribution in [2.24, 2.45) is 0 Å². The van der Waals surface area contributed by atoms with E-state index in [1.54, 1.807) is 42.5 Å². The molecule has 6 nitrogen and oxygen atoms in total. The van der Waals surface area contributed by atoms with Crippen LogP contribution in [0.5, 0.6) is 5.75 Å². The fourth-order valence-electron chi connectivity index (χ4n) is 3.63. The van der Waals surface area contributed by atoms with E-state index in [-0.39, 0.29) is 10.7 Å². The molecule has 0 saturated carbocycles. The Kier molecular flexibility index (Phi) is 6.52. The van der Waals surface area contributed by atoms with Gasteiger partial charge in [0, 0.05) is 5.69 Å². The number of hydrogen-bond acceptors (Lipinski definition) is 5. The molecule has 0 radical (unpaired) electrons. The van der Waals surface area contributed by atoms with Crippen molar-refractivity contribution in [1.82, 2.24) is 0 Å². The molecule has 0 unspecified atom stereocenters. The van der Waals surface area contributed by atoms with Gasteiger partial charge in [-0.2, -0.15) is 0 Å². The van der Waals surface area contributed by atoms with E-state index in [2.05, 4.69) is 5.32 Å². The molecule has 3 aromatic rings. The number of benzene rings is 3. The molecule has 0 aromatic heterocycles. The monoisotopic (exact) mass is 474 g/mol. The van der Waals surface area contributed by atoms with Gasteiger partial charge in [-0.05, 0) is 73.9 Å². The first-order valence-corrected chi connectivity index (χ1v) is 11.2. The van der Waals surface area contributed by atoms with Crippen LogP contribution in [0, 0.1) is 13.8 Å². The number of esters is 1. The second-order valence-electron chi connectivity index (χ2n) is 8.02. The first-order valence-electron chi connectivity index (χ1n) is 10.8. The number of hydrogen-bond donors (Lipinski definition) is 1. The SMILES string of the molecule is CCc1ccc(N2C(=O)C(Cl)=C(Nc3ccc(C(=O)Oc4ccc(C)cc4C)cc3)C2=O)cc1. The van der Waals surface area contributed by atoms with Crippen LogP contribution in [0.1, 0.15) is 34.0 Å². The first kappa shape index (κ1) is 23.3. The fraction of sp³-hybridized carbons (Fsp3) is 0.148. The van der Waals surface area contributed by atoms with Gasteiger partial charge in [0.2, 0.25) is 0 Å². The van der Waals surface area contributed by atoms with Gasteiger partial charge >= 0.3 is 5.97 Å². The summed E-state index contributed by atoms with van der Waals surface area (Å²) in [6, 6.07) is 19.1. The molecule has 7 heteroatoms. The maximum atomic E-state index is 12.9. The van der Waals surface area contributed by atoms with Crippen LogP contribution in [-0.4, -0.2) is 17.8 Å².